The number of hydrogen-bond donors (Lipinski definition) is 1. The van der Waals surface area contributed by atoms with Crippen LogP contribution in [0.5, 0.6) is 5.75 Å². The van der Waals surface area contributed by atoms with E-state index in [-0.39, 0.29) is 0 Å². The van der Waals surface area contributed by atoms with Gasteiger partial charge in [-0.3, -0.25) is 4.79 Å². The predicted octanol–water partition coefficient (Wildman–Crippen LogP) is 1.78. The van der Waals surface area contributed by atoms with Crippen molar-refractivity contribution in [3.8, 4) is 5.75 Å². The summed E-state index contributed by atoms with van der Waals surface area (Å²) in [4.78, 5) is 21.5. The monoisotopic (exact) mass is 213 g/mol. The third-order valence-corrected chi connectivity index (χ3v) is 1.71. The van der Waals surface area contributed by atoms with Crippen LogP contribution in [-0.4, -0.2) is 18.4 Å². The summed E-state index contributed by atoms with van der Waals surface area (Å²) in [6.45, 7) is 0. The van der Waals surface area contributed by atoms with Crippen molar-refractivity contribution in [2.45, 2.75) is 0 Å². The van der Waals surface area contributed by atoms with Crippen molar-refractivity contribution in [2.24, 2.45) is 0 Å². The van der Waals surface area contributed by atoms with Gasteiger partial charge in [-0.25, -0.2) is 4.79 Å². The third kappa shape index (κ3) is 2.74. The molecule has 1 aromatic carbocycles. The minimum atomic E-state index is -0.560. The van der Waals surface area contributed by atoms with Gasteiger partial charge in [0, 0.05) is 12.6 Å². The number of rotatable bonds is 2. The Balaban J connectivity index is 2.73. The van der Waals surface area contributed by atoms with Gasteiger partial charge in [0.25, 0.3) is 5.24 Å². The highest BCUT2D eigenvalue weighted by Crippen LogP contribution is 2.13. The molecule has 0 aliphatic heterocycles. The molecule has 0 fully saturated rings. The Bertz CT molecular complexity index is 348. The Hall–Kier alpha value is -1.55. The fourth-order valence-electron chi connectivity index (χ4n) is 0.812. The first kappa shape index (κ1) is 10.5. The number of ether oxygens (including phenoxy) is 1. The number of carbonyl (C=O) groups is 2. The van der Waals surface area contributed by atoms with E-state index < -0.39 is 11.3 Å². The maximum absolute atomic E-state index is 10.8. The highest BCUT2D eigenvalue weighted by atomic mass is 35.5. The second-order valence-electron chi connectivity index (χ2n) is 2.44. The maximum atomic E-state index is 10.8. The number of carbonyl (C=O) groups excluding carboxylic acids is 2. The van der Waals surface area contributed by atoms with Crippen LogP contribution < -0.4 is 10.1 Å². The fraction of sp³-hybridized carbons (Fsp3) is 0.111. The van der Waals surface area contributed by atoms with Gasteiger partial charge in [-0.1, -0.05) is 0 Å². The molecule has 0 atom stereocenters. The first-order valence-corrected chi connectivity index (χ1v) is 4.20. The van der Waals surface area contributed by atoms with Crippen molar-refractivity contribution in [3.63, 3.8) is 0 Å². The molecular weight excluding hydrogens is 206 g/mol. The Morgan fingerprint density at radius 1 is 1.29 bits per heavy atom. The summed E-state index contributed by atoms with van der Waals surface area (Å²) >= 11 is 5.23. The van der Waals surface area contributed by atoms with Crippen LogP contribution in [0, 0.1) is 0 Å². The van der Waals surface area contributed by atoms with Crippen molar-refractivity contribution in [1.29, 1.82) is 0 Å². The SMILES string of the molecule is CNC(=O)Oc1ccc(C(=O)Cl)cc1. The summed E-state index contributed by atoms with van der Waals surface area (Å²) in [6, 6.07) is 5.94. The number of amides is 1. The van der Waals surface area contributed by atoms with Crippen LogP contribution in [0.1, 0.15) is 10.4 Å². The van der Waals surface area contributed by atoms with Crippen molar-refractivity contribution in [3.05, 3.63) is 29.8 Å². The number of benzene rings is 1. The van der Waals surface area contributed by atoms with Gasteiger partial charge < -0.3 is 10.1 Å². The second kappa shape index (κ2) is 4.62. The normalized spacial score (nSPS) is 9.29. The molecule has 0 aromatic heterocycles. The minimum absolute atomic E-state index is 0.353. The predicted molar refractivity (Wildman–Crippen MR) is 51.7 cm³/mol. The van der Waals surface area contributed by atoms with Crippen LogP contribution in [0.3, 0.4) is 0 Å². The van der Waals surface area contributed by atoms with Crippen LogP contribution in [0.25, 0.3) is 0 Å². The summed E-state index contributed by atoms with van der Waals surface area (Å²) in [7, 11) is 1.46. The lowest BCUT2D eigenvalue weighted by molar-refractivity contribution is 0.108. The molecule has 4 nitrogen and oxygen atoms in total. The molecule has 0 unspecified atom stereocenters. The van der Waals surface area contributed by atoms with E-state index in [0.29, 0.717) is 11.3 Å². The highest BCUT2D eigenvalue weighted by Gasteiger charge is 2.03. The minimum Gasteiger partial charge on any atom is -0.410 e. The Kier molecular flexibility index (Phi) is 3.48. The standard InChI is InChI=1S/C9H8ClNO3/c1-11-9(13)14-7-4-2-6(3-5-7)8(10)12/h2-5H,1H3,(H,11,13). The summed E-state index contributed by atoms with van der Waals surface area (Å²) in [5.74, 6) is 0.353. The van der Waals surface area contributed by atoms with Gasteiger partial charge in [0.15, 0.2) is 0 Å². The average molecular weight is 214 g/mol. The van der Waals surface area contributed by atoms with Crippen molar-refractivity contribution < 1.29 is 14.3 Å². The lowest BCUT2D eigenvalue weighted by Gasteiger charge is -2.02. The molecule has 0 aliphatic carbocycles. The topological polar surface area (TPSA) is 55.4 Å². The third-order valence-electron chi connectivity index (χ3n) is 1.50. The Labute approximate surface area is 85.8 Å². The van der Waals surface area contributed by atoms with E-state index >= 15 is 0 Å². The molecule has 14 heavy (non-hydrogen) atoms. The lowest BCUT2D eigenvalue weighted by atomic mass is 10.2. The Morgan fingerprint density at radius 2 is 1.86 bits per heavy atom. The molecule has 0 heterocycles. The Morgan fingerprint density at radius 3 is 2.29 bits per heavy atom. The molecule has 0 spiro atoms. The zero-order valence-corrected chi connectivity index (χ0v) is 8.17. The van der Waals surface area contributed by atoms with Gasteiger partial charge in [-0.15, -0.1) is 0 Å². The van der Waals surface area contributed by atoms with Crippen LogP contribution in [0.4, 0.5) is 4.79 Å². The summed E-state index contributed by atoms with van der Waals surface area (Å²) in [6.07, 6.45) is -0.560. The lowest BCUT2D eigenvalue weighted by Crippen LogP contribution is -2.21. The van der Waals surface area contributed by atoms with Gasteiger partial charge >= 0.3 is 6.09 Å². The summed E-state index contributed by atoms with van der Waals surface area (Å²) in [5.41, 5.74) is 0.357. The second-order valence-corrected chi connectivity index (χ2v) is 2.78. The largest absolute Gasteiger partial charge is 0.412 e. The molecule has 1 aromatic rings. The van der Waals surface area contributed by atoms with E-state index in [1.807, 2.05) is 0 Å². The molecule has 0 bridgehead atoms. The number of halogens is 1. The van der Waals surface area contributed by atoms with Gasteiger partial charge in [-0.2, -0.15) is 0 Å². The molecule has 1 N–H and O–H groups in total. The molecule has 5 heteroatoms. The molecule has 1 amide bonds. The van der Waals surface area contributed by atoms with E-state index in [2.05, 4.69) is 5.32 Å². The fourth-order valence-corrected chi connectivity index (χ4v) is 0.938. The van der Waals surface area contributed by atoms with E-state index in [0.717, 1.165) is 0 Å². The smallest absolute Gasteiger partial charge is 0.410 e. The molecule has 0 saturated carbocycles. The quantitative estimate of drug-likeness (QED) is 0.762. The molecule has 0 saturated heterocycles. The van der Waals surface area contributed by atoms with Crippen molar-refractivity contribution in [1.82, 2.24) is 5.32 Å². The van der Waals surface area contributed by atoms with Gasteiger partial charge in [-0.05, 0) is 35.9 Å². The van der Waals surface area contributed by atoms with Gasteiger partial charge in [0.1, 0.15) is 5.75 Å². The van der Waals surface area contributed by atoms with Crippen LogP contribution in [0.2, 0.25) is 0 Å². The van der Waals surface area contributed by atoms with Crippen molar-refractivity contribution >= 4 is 22.9 Å². The van der Waals surface area contributed by atoms with Crippen LogP contribution in [0.15, 0.2) is 24.3 Å². The summed E-state index contributed by atoms with van der Waals surface area (Å²) < 4.78 is 4.79. The number of hydrogen-bond acceptors (Lipinski definition) is 3. The molecule has 0 aliphatic rings. The number of nitrogens with one attached hydrogen (secondary N) is 1. The molecular formula is C9H8ClNO3. The first-order valence-electron chi connectivity index (χ1n) is 3.83. The zero-order valence-electron chi connectivity index (χ0n) is 7.41. The van der Waals surface area contributed by atoms with E-state index in [4.69, 9.17) is 16.3 Å². The van der Waals surface area contributed by atoms with E-state index in [1.165, 1.54) is 31.3 Å². The maximum Gasteiger partial charge on any atom is 0.412 e. The molecule has 74 valence electrons. The molecule has 0 radical (unpaired) electrons. The zero-order chi connectivity index (χ0) is 10.6. The first-order chi connectivity index (χ1) is 6.63. The highest BCUT2D eigenvalue weighted by molar-refractivity contribution is 6.67. The average Bonchev–Trinajstić information content (AvgIpc) is 2.18. The summed E-state index contributed by atoms with van der Waals surface area (Å²) in [5, 5.41) is 1.75. The molecule has 1 rings (SSSR count). The van der Waals surface area contributed by atoms with E-state index in [9.17, 15) is 9.59 Å². The van der Waals surface area contributed by atoms with Crippen molar-refractivity contribution in [2.75, 3.05) is 7.05 Å². The van der Waals surface area contributed by atoms with Crippen LogP contribution >= 0.6 is 11.6 Å². The van der Waals surface area contributed by atoms with Crippen LogP contribution in [-0.2, 0) is 0 Å². The van der Waals surface area contributed by atoms with Gasteiger partial charge in [0.05, 0.1) is 0 Å². The van der Waals surface area contributed by atoms with Gasteiger partial charge in [0.2, 0.25) is 0 Å². The van der Waals surface area contributed by atoms with E-state index in [1.54, 1.807) is 0 Å².